The fraction of sp³-hybridized carbons (Fsp3) is 0.789. The molecule has 1 unspecified atom stereocenters. The van der Waals surface area contributed by atoms with Crippen LogP contribution in [0.1, 0.15) is 64.2 Å². The summed E-state index contributed by atoms with van der Waals surface area (Å²) in [5.41, 5.74) is 0. The second-order valence-corrected chi connectivity index (χ2v) is 7.00. The predicted octanol–water partition coefficient (Wildman–Crippen LogP) is 2.33. The quantitative estimate of drug-likeness (QED) is 0.484. The van der Waals surface area contributed by atoms with Gasteiger partial charge in [-0.2, -0.15) is 0 Å². The summed E-state index contributed by atoms with van der Waals surface area (Å²) in [6, 6.07) is 0.628. The van der Waals surface area contributed by atoms with Crippen LogP contribution in [0, 0.1) is 0 Å². The molecule has 2 aliphatic rings. The zero-order valence-corrected chi connectivity index (χ0v) is 15.4. The number of rotatable bonds is 8. The van der Waals surface area contributed by atoms with E-state index in [1.54, 1.807) is 0 Å². The number of carboxylic acids is 2. The van der Waals surface area contributed by atoms with Gasteiger partial charge in [0.15, 0.2) is 0 Å². The van der Waals surface area contributed by atoms with E-state index in [9.17, 15) is 14.7 Å². The van der Waals surface area contributed by atoms with Gasteiger partial charge in [-0.05, 0) is 25.7 Å². The van der Waals surface area contributed by atoms with Crippen molar-refractivity contribution in [2.45, 2.75) is 82.5 Å². The summed E-state index contributed by atoms with van der Waals surface area (Å²) < 4.78 is 5.79. The summed E-state index contributed by atoms with van der Waals surface area (Å²) in [6.45, 7) is 1.20. The van der Waals surface area contributed by atoms with Crippen LogP contribution in [0.2, 0.25) is 0 Å². The van der Waals surface area contributed by atoms with E-state index >= 15 is 0 Å². The SMILES string of the molecule is O=C(O)/C=C\C(=O)O.OC(CNC1CCCCC1)COC1CCCCC1. The average molecular weight is 371 g/mol. The fourth-order valence-corrected chi connectivity index (χ4v) is 3.29. The largest absolute Gasteiger partial charge is 0.478 e. The molecule has 0 aromatic carbocycles. The Balaban J connectivity index is 0.000000359. The Hall–Kier alpha value is -1.44. The normalized spacial score (nSPS) is 20.3. The molecular formula is C19H33NO6. The number of aliphatic hydroxyl groups is 1. The Morgan fingerprint density at radius 3 is 1.92 bits per heavy atom. The average Bonchev–Trinajstić information content (AvgIpc) is 2.65. The van der Waals surface area contributed by atoms with Gasteiger partial charge < -0.3 is 25.4 Å². The molecule has 0 bridgehead atoms. The molecule has 2 saturated carbocycles. The Morgan fingerprint density at radius 2 is 1.42 bits per heavy atom. The molecule has 150 valence electrons. The van der Waals surface area contributed by atoms with Gasteiger partial charge in [0.2, 0.25) is 0 Å². The Bertz CT molecular complexity index is 390. The lowest BCUT2D eigenvalue weighted by Gasteiger charge is -2.26. The topological polar surface area (TPSA) is 116 Å². The maximum atomic E-state index is 9.92. The number of carbonyl (C=O) groups is 2. The maximum Gasteiger partial charge on any atom is 0.328 e. The van der Waals surface area contributed by atoms with Crippen molar-refractivity contribution in [2.24, 2.45) is 0 Å². The summed E-state index contributed by atoms with van der Waals surface area (Å²) in [5.74, 6) is -2.51. The van der Waals surface area contributed by atoms with Crippen LogP contribution in [0.4, 0.5) is 0 Å². The van der Waals surface area contributed by atoms with Crippen molar-refractivity contribution in [1.29, 1.82) is 0 Å². The molecule has 4 N–H and O–H groups in total. The van der Waals surface area contributed by atoms with Gasteiger partial charge in [0.05, 0.1) is 18.8 Å². The Morgan fingerprint density at radius 1 is 0.923 bits per heavy atom. The van der Waals surface area contributed by atoms with Crippen molar-refractivity contribution >= 4 is 11.9 Å². The van der Waals surface area contributed by atoms with E-state index in [-0.39, 0.29) is 6.10 Å². The second kappa shape index (κ2) is 13.7. The lowest BCUT2D eigenvalue weighted by molar-refractivity contribution is -0.134. The van der Waals surface area contributed by atoms with E-state index < -0.39 is 11.9 Å². The highest BCUT2D eigenvalue weighted by molar-refractivity contribution is 5.89. The fourth-order valence-electron chi connectivity index (χ4n) is 3.29. The van der Waals surface area contributed by atoms with Gasteiger partial charge >= 0.3 is 11.9 Å². The smallest absolute Gasteiger partial charge is 0.328 e. The molecule has 26 heavy (non-hydrogen) atoms. The van der Waals surface area contributed by atoms with Crippen LogP contribution in [0.15, 0.2) is 12.2 Å². The van der Waals surface area contributed by atoms with E-state index in [0.29, 0.717) is 37.4 Å². The van der Waals surface area contributed by atoms with Gasteiger partial charge in [-0.15, -0.1) is 0 Å². The molecule has 1 atom stereocenters. The van der Waals surface area contributed by atoms with Gasteiger partial charge in [0, 0.05) is 24.7 Å². The number of ether oxygens (including phenoxy) is 1. The molecule has 0 saturated heterocycles. The highest BCUT2D eigenvalue weighted by Crippen LogP contribution is 2.20. The molecule has 2 rings (SSSR count). The number of hydrogen-bond donors (Lipinski definition) is 4. The van der Waals surface area contributed by atoms with Gasteiger partial charge in [0.25, 0.3) is 0 Å². The van der Waals surface area contributed by atoms with Crippen LogP contribution in [0.25, 0.3) is 0 Å². The summed E-state index contributed by atoms with van der Waals surface area (Å²) in [5, 5.41) is 29.0. The molecule has 0 radical (unpaired) electrons. The third kappa shape index (κ3) is 12.0. The number of aliphatic carboxylic acids is 2. The monoisotopic (exact) mass is 371 g/mol. The molecule has 7 nitrogen and oxygen atoms in total. The molecule has 2 fully saturated rings. The van der Waals surface area contributed by atoms with Crippen molar-refractivity contribution < 1.29 is 29.6 Å². The van der Waals surface area contributed by atoms with Crippen molar-refractivity contribution in [1.82, 2.24) is 5.32 Å². The van der Waals surface area contributed by atoms with E-state index in [0.717, 1.165) is 0 Å². The van der Waals surface area contributed by atoms with Crippen LogP contribution in [-0.2, 0) is 14.3 Å². The molecule has 7 heteroatoms. The lowest BCUT2D eigenvalue weighted by atomic mass is 9.95. The molecule has 0 aromatic heterocycles. The first-order valence-corrected chi connectivity index (χ1v) is 9.64. The summed E-state index contributed by atoms with van der Waals surface area (Å²) in [4.78, 5) is 19.1. The number of carboxylic acid groups (broad SMARTS) is 2. The second-order valence-electron chi connectivity index (χ2n) is 7.00. The van der Waals surface area contributed by atoms with Gasteiger partial charge in [-0.1, -0.05) is 38.5 Å². The molecule has 0 spiro atoms. The molecular weight excluding hydrogens is 338 g/mol. The van der Waals surface area contributed by atoms with Crippen LogP contribution in [-0.4, -0.2) is 58.7 Å². The van der Waals surface area contributed by atoms with E-state index in [2.05, 4.69) is 5.32 Å². The van der Waals surface area contributed by atoms with Gasteiger partial charge in [-0.3, -0.25) is 0 Å². The maximum absolute atomic E-state index is 9.92. The lowest BCUT2D eigenvalue weighted by Crippen LogP contribution is -2.39. The van der Waals surface area contributed by atoms with Crippen LogP contribution in [0.3, 0.4) is 0 Å². The Labute approximate surface area is 155 Å². The zero-order valence-electron chi connectivity index (χ0n) is 15.4. The summed E-state index contributed by atoms with van der Waals surface area (Å²) in [6.07, 6.45) is 14.1. The van der Waals surface area contributed by atoms with Crippen molar-refractivity contribution in [2.75, 3.05) is 13.2 Å². The van der Waals surface area contributed by atoms with Crippen molar-refractivity contribution in [3.8, 4) is 0 Å². The molecule has 0 aromatic rings. The highest BCUT2D eigenvalue weighted by Gasteiger charge is 2.17. The first kappa shape index (κ1) is 22.6. The van der Waals surface area contributed by atoms with Crippen LogP contribution in [0.5, 0.6) is 0 Å². The van der Waals surface area contributed by atoms with E-state index in [4.69, 9.17) is 14.9 Å². The first-order chi connectivity index (χ1) is 12.5. The van der Waals surface area contributed by atoms with Crippen LogP contribution < -0.4 is 5.32 Å². The number of aliphatic hydroxyl groups excluding tert-OH is 1. The predicted molar refractivity (Wildman–Crippen MR) is 98.1 cm³/mol. The van der Waals surface area contributed by atoms with Crippen molar-refractivity contribution in [3.05, 3.63) is 12.2 Å². The molecule has 0 amide bonds. The summed E-state index contributed by atoms with van der Waals surface area (Å²) >= 11 is 0. The number of nitrogens with one attached hydrogen (secondary N) is 1. The minimum atomic E-state index is -1.26. The molecule has 2 aliphatic carbocycles. The van der Waals surface area contributed by atoms with Gasteiger partial charge in [0.1, 0.15) is 0 Å². The highest BCUT2D eigenvalue weighted by atomic mass is 16.5. The zero-order chi connectivity index (χ0) is 19.2. The van der Waals surface area contributed by atoms with E-state index in [1.165, 1.54) is 64.2 Å². The summed E-state index contributed by atoms with van der Waals surface area (Å²) in [7, 11) is 0. The Kier molecular flexibility index (Phi) is 11.9. The minimum absolute atomic E-state index is 0.339. The first-order valence-electron chi connectivity index (χ1n) is 9.64. The standard InChI is InChI=1S/C15H29NO2.C4H4O4/c17-14(11-16-13-7-3-1-4-8-13)12-18-15-9-5-2-6-10-15;5-3(6)1-2-4(7)8/h13-17H,1-12H2;1-2H,(H,5,6)(H,7,8)/b;2-1-. The van der Waals surface area contributed by atoms with Crippen LogP contribution >= 0.6 is 0 Å². The minimum Gasteiger partial charge on any atom is -0.478 e. The van der Waals surface area contributed by atoms with Crippen molar-refractivity contribution in [3.63, 3.8) is 0 Å². The molecule has 0 heterocycles. The van der Waals surface area contributed by atoms with E-state index in [1.807, 2.05) is 0 Å². The third-order valence-electron chi connectivity index (χ3n) is 4.69. The van der Waals surface area contributed by atoms with Gasteiger partial charge in [-0.25, -0.2) is 9.59 Å². The third-order valence-corrected chi connectivity index (χ3v) is 4.69. The number of hydrogen-bond acceptors (Lipinski definition) is 5. The molecule has 0 aliphatic heterocycles.